The molecule has 0 unspecified atom stereocenters. The van der Waals surface area contributed by atoms with Crippen LogP contribution in [0.25, 0.3) is 17.3 Å². The molecule has 25 heavy (non-hydrogen) atoms. The number of aromatic nitrogens is 3. The van der Waals surface area contributed by atoms with Crippen molar-refractivity contribution in [3.05, 3.63) is 71.4 Å². The third-order valence-electron chi connectivity index (χ3n) is 4.02. The summed E-state index contributed by atoms with van der Waals surface area (Å²) in [5, 5.41) is 4.46. The number of hydrogen-bond acceptors (Lipinski definition) is 4. The van der Waals surface area contributed by atoms with E-state index in [1.165, 1.54) is 12.1 Å². The zero-order chi connectivity index (χ0) is 17.4. The molecule has 0 spiro atoms. The summed E-state index contributed by atoms with van der Waals surface area (Å²) in [5.41, 5.74) is 3.14. The number of para-hydroxylation sites is 1. The molecule has 6 heteroatoms. The molecule has 0 radical (unpaired) electrons. The number of carbonyl (C=O) groups excluding carboxylic acids is 1. The number of hydrogen-bond donors (Lipinski definition) is 0. The van der Waals surface area contributed by atoms with Gasteiger partial charge < -0.3 is 4.74 Å². The first-order valence-corrected chi connectivity index (χ1v) is 7.74. The van der Waals surface area contributed by atoms with E-state index in [4.69, 9.17) is 4.74 Å². The molecular formula is C19H14FN3O2. The summed E-state index contributed by atoms with van der Waals surface area (Å²) in [6.07, 6.45) is 6.96. The Labute approximate surface area is 143 Å². The van der Waals surface area contributed by atoms with E-state index in [0.29, 0.717) is 5.57 Å². The number of pyridine rings is 1. The fraction of sp³-hybridized carbons (Fsp3) is 0.105. The van der Waals surface area contributed by atoms with Gasteiger partial charge in [-0.25, -0.2) is 4.39 Å². The average Bonchev–Trinajstić information content (AvgIpc) is 2.99. The number of aryl methyl sites for hydroxylation is 1. The molecule has 1 aromatic carbocycles. The van der Waals surface area contributed by atoms with Crippen molar-refractivity contribution in [2.75, 3.05) is 6.61 Å². The van der Waals surface area contributed by atoms with Gasteiger partial charge >= 0.3 is 0 Å². The predicted octanol–water partition coefficient (Wildman–Crippen LogP) is 3.28. The SMILES string of the molecule is Cn1cc(/C=C2/COc3c(F)cccc3C2=O)c(-c2ccncc2)n1. The number of halogens is 1. The van der Waals surface area contributed by atoms with Crippen LogP contribution in [0.15, 0.2) is 54.5 Å². The first kappa shape index (κ1) is 15.3. The normalized spacial score (nSPS) is 15.1. The van der Waals surface area contributed by atoms with E-state index in [9.17, 15) is 9.18 Å². The first-order chi connectivity index (χ1) is 12.1. The predicted molar refractivity (Wildman–Crippen MR) is 90.6 cm³/mol. The highest BCUT2D eigenvalue weighted by molar-refractivity contribution is 6.14. The lowest BCUT2D eigenvalue weighted by Gasteiger charge is -2.19. The minimum atomic E-state index is -0.524. The topological polar surface area (TPSA) is 57.0 Å². The van der Waals surface area contributed by atoms with Gasteiger partial charge in [0.05, 0.1) is 11.3 Å². The second-order valence-electron chi connectivity index (χ2n) is 5.75. The maximum Gasteiger partial charge on any atom is 0.196 e. The van der Waals surface area contributed by atoms with Gasteiger partial charge in [-0.05, 0) is 30.3 Å². The molecule has 0 aliphatic carbocycles. The molecule has 1 aliphatic heterocycles. The zero-order valence-corrected chi connectivity index (χ0v) is 13.4. The van der Waals surface area contributed by atoms with Crippen molar-refractivity contribution < 1.29 is 13.9 Å². The van der Waals surface area contributed by atoms with E-state index in [1.807, 2.05) is 25.4 Å². The minimum absolute atomic E-state index is 0.0187. The fourth-order valence-electron chi connectivity index (χ4n) is 2.86. The molecule has 0 fully saturated rings. The highest BCUT2D eigenvalue weighted by Crippen LogP contribution is 2.31. The smallest absolute Gasteiger partial charge is 0.196 e. The van der Waals surface area contributed by atoms with Gasteiger partial charge in [-0.15, -0.1) is 0 Å². The van der Waals surface area contributed by atoms with E-state index in [-0.39, 0.29) is 23.7 Å². The Balaban J connectivity index is 1.77. The number of benzene rings is 1. The standard InChI is InChI=1S/C19H14FN3O2/c1-23-10-13(17(22-23)12-5-7-21-8-6-12)9-14-11-25-19-15(18(14)24)3-2-4-16(19)20/h2-10H,11H2,1H3/b14-9-. The van der Waals surface area contributed by atoms with E-state index in [0.717, 1.165) is 16.8 Å². The first-order valence-electron chi connectivity index (χ1n) is 7.74. The van der Waals surface area contributed by atoms with Gasteiger partial charge in [-0.2, -0.15) is 5.10 Å². The van der Waals surface area contributed by atoms with E-state index >= 15 is 0 Å². The number of Topliss-reactive ketones (excluding diaryl/α,β-unsaturated/α-hetero) is 1. The Hall–Kier alpha value is -3.28. The van der Waals surface area contributed by atoms with Crippen LogP contribution >= 0.6 is 0 Å². The number of nitrogens with zero attached hydrogens (tertiary/aromatic N) is 3. The second-order valence-corrected chi connectivity index (χ2v) is 5.75. The van der Waals surface area contributed by atoms with Gasteiger partial charge in [-0.3, -0.25) is 14.5 Å². The highest BCUT2D eigenvalue weighted by atomic mass is 19.1. The molecule has 0 amide bonds. The lowest BCUT2D eigenvalue weighted by molar-refractivity contribution is 0.0998. The van der Waals surface area contributed by atoms with Crippen LogP contribution in [0.1, 0.15) is 15.9 Å². The number of fused-ring (bicyclic) bond motifs is 1. The highest BCUT2D eigenvalue weighted by Gasteiger charge is 2.26. The summed E-state index contributed by atoms with van der Waals surface area (Å²) in [5.74, 6) is -0.737. The third kappa shape index (κ3) is 2.71. The lowest BCUT2D eigenvalue weighted by Crippen LogP contribution is -2.19. The number of ketones is 1. The summed E-state index contributed by atoms with van der Waals surface area (Å²) >= 11 is 0. The Bertz CT molecular complexity index is 993. The molecule has 0 saturated carbocycles. The molecule has 0 N–H and O–H groups in total. The van der Waals surface area contributed by atoms with Crippen molar-refractivity contribution in [3.63, 3.8) is 0 Å². The average molecular weight is 335 g/mol. The number of carbonyl (C=O) groups is 1. The summed E-state index contributed by atoms with van der Waals surface area (Å²) in [4.78, 5) is 16.7. The van der Waals surface area contributed by atoms with E-state index in [1.54, 1.807) is 29.2 Å². The zero-order valence-electron chi connectivity index (χ0n) is 13.4. The largest absolute Gasteiger partial charge is 0.485 e. The quantitative estimate of drug-likeness (QED) is 0.675. The molecule has 1 aliphatic rings. The van der Waals surface area contributed by atoms with Crippen molar-refractivity contribution in [1.82, 2.24) is 14.8 Å². The van der Waals surface area contributed by atoms with Crippen molar-refractivity contribution in [1.29, 1.82) is 0 Å². The molecule has 0 bridgehead atoms. The van der Waals surface area contributed by atoms with Gasteiger partial charge in [0.25, 0.3) is 0 Å². The minimum Gasteiger partial charge on any atom is -0.485 e. The van der Waals surface area contributed by atoms with Crippen molar-refractivity contribution in [2.24, 2.45) is 7.05 Å². The molecule has 4 rings (SSSR count). The van der Waals surface area contributed by atoms with Gasteiger partial charge in [0.15, 0.2) is 17.3 Å². The molecular weight excluding hydrogens is 321 g/mol. The maximum atomic E-state index is 13.8. The van der Waals surface area contributed by atoms with Crippen LogP contribution in [-0.2, 0) is 7.05 Å². The molecule has 5 nitrogen and oxygen atoms in total. The van der Waals surface area contributed by atoms with Crippen molar-refractivity contribution >= 4 is 11.9 Å². The number of ether oxygens (including phenoxy) is 1. The fourth-order valence-corrected chi connectivity index (χ4v) is 2.86. The van der Waals surface area contributed by atoms with Gasteiger partial charge in [0, 0.05) is 42.3 Å². The summed E-state index contributed by atoms with van der Waals surface area (Å²) in [6, 6.07) is 8.07. The van der Waals surface area contributed by atoms with Crippen LogP contribution in [0.4, 0.5) is 4.39 Å². The summed E-state index contributed by atoms with van der Waals surface area (Å²) in [6.45, 7) is 0.0252. The molecule has 124 valence electrons. The Morgan fingerprint density at radius 1 is 1.24 bits per heavy atom. The van der Waals surface area contributed by atoms with Crippen molar-refractivity contribution in [2.45, 2.75) is 0 Å². The molecule has 0 atom stereocenters. The van der Waals surface area contributed by atoms with Crippen molar-refractivity contribution in [3.8, 4) is 17.0 Å². The van der Waals surface area contributed by atoms with Gasteiger partial charge in [0.2, 0.25) is 0 Å². The monoisotopic (exact) mass is 335 g/mol. The Morgan fingerprint density at radius 3 is 2.84 bits per heavy atom. The molecule has 3 aromatic rings. The van der Waals surface area contributed by atoms with Crippen LogP contribution in [0.5, 0.6) is 5.75 Å². The van der Waals surface area contributed by atoms with Crippen LogP contribution in [0.3, 0.4) is 0 Å². The Kier molecular flexibility index (Phi) is 3.65. The van der Waals surface area contributed by atoms with Crippen LogP contribution < -0.4 is 4.74 Å². The molecule has 2 aromatic heterocycles. The van der Waals surface area contributed by atoms with Crippen LogP contribution in [0.2, 0.25) is 0 Å². The summed E-state index contributed by atoms with van der Waals surface area (Å²) in [7, 11) is 1.82. The van der Waals surface area contributed by atoms with E-state index in [2.05, 4.69) is 10.1 Å². The summed E-state index contributed by atoms with van der Waals surface area (Å²) < 4.78 is 20.9. The third-order valence-corrected chi connectivity index (χ3v) is 4.02. The number of rotatable bonds is 2. The maximum absolute atomic E-state index is 13.8. The van der Waals surface area contributed by atoms with Gasteiger partial charge in [-0.1, -0.05) is 6.07 Å². The molecule has 3 heterocycles. The second kappa shape index (κ2) is 5.98. The van der Waals surface area contributed by atoms with Crippen LogP contribution in [0, 0.1) is 5.82 Å². The molecule has 0 saturated heterocycles. The van der Waals surface area contributed by atoms with Gasteiger partial charge in [0.1, 0.15) is 6.61 Å². The van der Waals surface area contributed by atoms with E-state index < -0.39 is 5.82 Å². The Morgan fingerprint density at radius 2 is 2.04 bits per heavy atom. The van der Waals surface area contributed by atoms with Crippen LogP contribution in [-0.4, -0.2) is 27.2 Å². The lowest BCUT2D eigenvalue weighted by atomic mass is 9.97.